The number of benzene rings is 3. The molecule has 1 N–H and O–H groups in total. The number of amides is 1. The van der Waals surface area contributed by atoms with Crippen LogP contribution in [0.25, 0.3) is 21.9 Å². The third kappa shape index (κ3) is 4.07. The van der Waals surface area contributed by atoms with Crippen molar-refractivity contribution in [1.82, 2.24) is 0 Å². The second-order valence-electron chi connectivity index (χ2n) is 7.65. The van der Waals surface area contributed by atoms with Crippen LogP contribution in [0.4, 0.5) is 11.4 Å². The lowest BCUT2D eigenvalue weighted by molar-refractivity contribution is -0.122. The van der Waals surface area contributed by atoms with Crippen molar-refractivity contribution in [3.05, 3.63) is 66.7 Å². The molecular weight excluding hydrogens is 392 g/mol. The molecule has 1 amide bonds. The van der Waals surface area contributed by atoms with Crippen molar-refractivity contribution in [2.75, 3.05) is 36.5 Å². The summed E-state index contributed by atoms with van der Waals surface area (Å²) in [5, 5.41) is 4.93. The van der Waals surface area contributed by atoms with Crippen molar-refractivity contribution in [3.63, 3.8) is 0 Å². The van der Waals surface area contributed by atoms with Crippen LogP contribution in [-0.2, 0) is 9.53 Å². The van der Waals surface area contributed by atoms with E-state index in [0.717, 1.165) is 59.6 Å². The smallest absolute Gasteiger partial charge is 0.265 e. The maximum atomic E-state index is 12.6. The Balaban J connectivity index is 1.25. The number of hydrogen-bond acceptors (Lipinski definition) is 5. The van der Waals surface area contributed by atoms with E-state index >= 15 is 0 Å². The molecule has 1 aromatic heterocycles. The molecule has 1 aliphatic rings. The van der Waals surface area contributed by atoms with Crippen LogP contribution in [0.5, 0.6) is 5.75 Å². The van der Waals surface area contributed by atoms with E-state index in [-0.39, 0.29) is 5.91 Å². The number of hydrogen-bond donors (Lipinski definition) is 1. The summed E-state index contributed by atoms with van der Waals surface area (Å²) in [6.07, 6.45) is -0.644. The molecule has 0 aliphatic carbocycles. The lowest BCUT2D eigenvalue weighted by Gasteiger charge is -2.29. The minimum atomic E-state index is -0.644. The van der Waals surface area contributed by atoms with Crippen LogP contribution in [0.2, 0.25) is 0 Å². The predicted molar refractivity (Wildman–Crippen MR) is 122 cm³/mol. The van der Waals surface area contributed by atoms with Crippen LogP contribution in [0.15, 0.2) is 71.1 Å². The van der Waals surface area contributed by atoms with Crippen molar-refractivity contribution in [1.29, 1.82) is 0 Å². The van der Waals surface area contributed by atoms with Gasteiger partial charge in [0.05, 0.1) is 13.2 Å². The minimum absolute atomic E-state index is 0.198. The Morgan fingerprint density at radius 1 is 0.968 bits per heavy atom. The molecular formula is C25H24N2O4. The SMILES string of the molecule is CC(Oc1ccc2oc3ccccc3c2c1)C(=O)Nc1ccc(N2CCOCC2)cc1. The minimum Gasteiger partial charge on any atom is -0.481 e. The van der Waals surface area contributed by atoms with E-state index < -0.39 is 6.10 Å². The van der Waals surface area contributed by atoms with Crippen LogP contribution in [0, 0.1) is 0 Å². The molecule has 1 aliphatic heterocycles. The highest BCUT2D eigenvalue weighted by Crippen LogP contribution is 2.31. The van der Waals surface area contributed by atoms with Crippen molar-refractivity contribution >= 4 is 39.2 Å². The number of furan rings is 1. The van der Waals surface area contributed by atoms with E-state index in [4.69, 9.17) is 13.9 Å². The van der Waals surface area contributed by atoms with E-state index in [9.17, 15) is 4.79 Å². The van der Waals surface area contributed by atoms with Gasteiger partial charge in [0.15, 0.2) is 6.10 Å². The molecule has 0 spiro atoms. The van der Waals surface area contributed by atoms with E-state index in [1.165, 1.54) is 0 Å². The second kappa shape index (κ2) is 8.32. The number of morpholine rings is 1. The van der Waals surface area contributed by atoms with E-state index in [2.05, 4.69) is 10.2 Å². The summed E-state index contributed by atoms with van der Waals surface area (Å²) in [5.41, 5.74) is 3.51. The zero-order valence-corrected chi connectivity index (χ0v) is 17.3. The number of fused-ring (bicyclic) bond motifs is 3. The van der Waals surface area contributed by atoms with Crippen molar-refractivity contribution in [2.24, 2.45) is 0 Å². The number of nitrogens with zero attached hydrogens (tertiary/aromatic N) is 1. The van der Waals surface area contributed by atoms with Crippen LogP contribution in [0.1, 0.15) is 6.92 Å². The van der Waals surface area contributed by atoms with Gasteiger partial charge in [-0.3, -0.25) is 4.79 Å². The van der Waals surface area contributed by atoms with Crippen molar-refractivity contribution < 1.29 is 18.7 Å². The van der Waals surface area contributed by atoms with Crippen molar-refractivity contribution in [3.8, 4) is 5.75 Å². The van der Waals surface area contributed by atoms with Crippen LogP contribution < -0.4 is 15.0 Å². The monoisotopic (exact) mass is 416 g/mol. The summed E-state index contributed by atoms with van der Waals surface area (Å²) in [6.45, 7) is 5.00. The molecule has 1 saturated heterocycles. The molecule has 2 heterocycles. The van der Waals surface area contributed by atoms with Gasteiger partial charge in [-0.05, 0) is 55.5 Å². The van der Waals surface area contributed by atoms with Gasteiger partial charge in [-0.2, -0.15) is 0 Å². The summed E-state index contributed by atoms with van der Waals surface area (Å²) >= 11 is 0. The number of nitrogens with one attached hydrogen (secondary N) is 1. The first kappa shape index (κ1) is 19.5. The Morgan fingerprint density at radius 2 is 1.71 bits per heavy atom. The average Bonchev–Trinajstić information content (AvgIpc) is 3.18. The van der Waals surface area contributed by atoms with Crippen LogP contribution in [-0.4, -0.2) is 38.3 Å². The van der Waals surface area contributed by atoms with E-state index in [0.29, 0.717) is 5.75 Å². The maximum Gasteiger partial charge on any atom is 0.265 e. The largest absolute Gasteiger partial charge is 0.481 e. The van der Waals surface area contributed by atoms with Crippen LogP contribution >= 0.6 is 0 Å². The van der Waals surface area contributed by atoms with Gasteiger partial charge in [0.25, 0.3) is 5.91 Å². The molecule has 1 atom stereocenters. The summed E-state index contributed by atoms with van der Waals surface area (Å²) in [7, 11) is 0. The summed E-state index contributed by atoms with van der Waals surface area (Å²) in [6, 6.07) is 21.4. The highest BCUT2D eigenvalue weighted by Gasteiger charge is 2.17. The number of para-hydroxylation sites is 1. The first-order chi connectivity index (χ1) is 15.2. The normalized spacial score (nSPS) is 15.2. The fourth-order valence-corrected chi connectivity index (χ4v) is 3.86. The number of rotatable bonds is 5. The number of anilines is 2. The van der Waals surface area contributed by atoms with Gasteiger partial charge in [-0.15, -0.1) is 0 Å². The van der Waals surface area contributed by atoms with Gasteiger partial charge in [0.1, 0.15) is 16.9 Å². The van der Waals surface area contributed by atoms with Gasteiger partial charge < -0.3 is 24.1 Å². The van der Waals surface area contributed by atoms with Gasteiger partial charge in [0.2, 0.25) is 0 Å². The van der Waals surface area contributed by atoms with Gasteiger partial charge in [-0.25, -0.2) is 0 Å². The molecule has 1 fully saturated rings. The summed E-state index contributed by atoms with van der Waals surface area (Å²) in [5.74, 6) is 0.431. The fourth-order valence-electron chi connectivity index (χ4n) is 3.86. The first-order valence-corrected chi connectivity index (χ1v) is 10.5. The Morgan fingerprint density at radius 3 is 2.52 bits per heavy atom. The highest BCUT2D eigenvalue weighted by molar-refractivity contribution is 6.05. The molecule has 0 radical (unpaired) electrons. The summed E-state index contributed by atoms with van der Waals surface area (Å²) < 4.78 is 17.2. The lowest BCUT2D eigenvalue weighted by atomic mass is 10.1. The van der Waals surface area contributed by atoms with E-state index in [1.54, 1.807) is 6.92 Å². The number of ether oxygens (including phenoxy) is 2. The molecule has 3 aromatic carbocycles. The second-order valence-corrected chi connectivity index (χ2v) is 7.65. The standard InChI is InChI=1S/C25H24N2O4/c1-17(25(28)26-18-6-8-19(9-7-18)27-12-14-29-15-13-27)30-20-10-11-24-22(16-20)21-4-2-3-5-23(21)31-24/h2-11,16-17H,12-15H2,1H3,(H,26,28). The van der Waals surface area contributed by atoms with Gasteiger partial charge >= 0.3 is 0 Å². The van der Waals surface area contributed by atoms with E-state index in [1.807, 2.05) is 66.7 Å². The van der Waals surface area contributed by atoms with Crippen molar-refractivity contribution in [2.45, 2.75) is 13.0 Å². The maximum absolute atomic E-state index is 12.6. The predicted octanol–water partition coefficient (Wildman–Crippen LogP) is 4.83. The molecule has 1 unspecified atom stereocenters. The lowest BCUT2D eigenvalue weighted by Crippen LogP contribution is -2.36. The Labute approximate surface area is 180 Å². The topological polar surface area (TPSA) is 63.9 Å². The molecule has 4 aromatic rings. The van der Waals surface area contributed by atoms with Gasteiger partial charge in [0, 0.05) is 35.2 Å². The fraction of sp³-hybridized carbons (Fsp3) is 0.240. The third-order valence-corrected chi connectivity index (χ3v) is 5.54. The zero-order chi connectivity index (χ0) is 21.2. The summed E-state index contributed by atoms with van der Waals surface area (Å²) in [4.78, 5) is 14.9. The molecule has 0 bridgehead atoms. The first-order valence-electron chi connectivity index (χ1n) is 10.5. The van der Waals surface area contributed by atoms with Crippen LogP contribution in [0.3, 0.4) is 0 Å². The Kier molecular flexibility index (Phi) is 5.22. The molecule has 6 heteroatoms. The number of carbonyl (C=O) groups is 1. The Bertz CT molecular complexity index is 1210. The Hall–Kier alpha value is -3.51. The van der Waals surface area contributed by atoms with Gasteiger partial charge in [-0.1, -0.05) is 18.2 Å². The molecule has 6 nitrogen and oxygen atoms in total. The molecule has 0 saturated carbocycles. The third-order valence-electron chi connectivity index (χ3n) is 5.54. The zero-order valence-electron chi connectivity index (χ0n) is 17.3. The number of carbonyl (C=O) groups excluding carboxylic acids is 1. The highest BCUT2D eigenvalue weighted by atomic mass is 16.5. The quantitative estimate of drug-likeness (QED) is 0.505. The average molecular weight is 416 g/mol. The molecule has 158 valence electrons. The molecule has 5 rings (SSSR count). The molecule has 31 heavy (non-hydrogen) atoms.